The summed E-state index contributed by atoms with van der Waals surface area (Å²) >= 11 is 0. The number of benzene rings is 1. The molecule has 14 heteroatoms. The largest absolute Gasteiger partial charge is 0.469 e. The molecule has 0 bridgehead atoms. The van der Waals surface area contributed by atoms with E-state index in [4.69, 9.17) is 14.5 Å². The smallest absolute Gasteiger partial charge is 0.387 e. The third kappa shape index (κ3) is 3.39. The summed E-state index contributed by atoms with van der Waals surface area (Å²) in [5.41, 5.74) is -0.145. The monoisotopic (exact) mass is 376 g/mol. The van der Waals surface area contributed by atoms with E-state index in [1.165, 1.54) is 18.2 Å². The van der Waals surface area contributed by atoms with Crippen molar-refractivity contribution in [2.75, 3.05) is 6.61 Å². The molecule has 0 radical (unpaired) electrons. The first kappa shape index (κ1) is 17.8. The van der Waals surface area contributed by atoms with Gasteiger partial charge in [0.2, 0.25) is 0 Å². The summed E-state index contributed by atoms with van der Waals surface area (Å²) in [6.45, 7) is -0.675. The van der Waals surface area contributed by atoms with Gasteiger partial charge in [-0.3, -0.25) is 14.6 Å². The zero-order valence-corrected chi connectivity index (χ0v) is 13.2. The predicted octanol–water partition coefficient (Wildman–Crippen LogP) is -0.932. The number of fused-ring (bicyclic) bond motifs is 1. The van der Waals surface area contributed by atoms with E-state index in [0.717, 1.165) is 4.68 Å². The van der Waals surface area contributed by atoms with Crippen molar-refractivity contribution < 1.29 is 38.7 Å². The summed E-state index contributed by atoms with van der Waals surface area (Å²) in [5, 5.41) is 38.5. The van der Waals surface area contributed by atoms with E-state index < -0.39 is 43.9 Å². The number of non-ortho nitro benzene ring substituents is 1. The minimum atomic E-state index is -4.78. The van der Waals surface area contributed by atoms with Crippen LogP contribution in [-0.2, 0) is 13.8 Å². The van der Waals surface area contributed by atoms with E-state index >= 15 is 0 Å². The van der Waals surface area contributed by atoms with E-state index in [-0.39, 0.29) is 16.7 Å². The SMILES string of the molecule is O=[N+]([O-])c1cccc2c1nnn2[C@@H]1O[C@H](COP(=O)(O)O)[C@@H](O)[C@H]1O. The first-order valence-corrected chi connectivity index (χ1v) is 8.42. The van der Waals surface area contributed by atoms with Crippen molar-refractivity contribution in [1.29, 1.82) is 0 Å². The number of phosphoric acid groups is 1. The Bertz CT molecular complexity index is 851. The Labute approximate surface area is 138 Å². The molecule has 1 fully saturated rings. The van der Waals surface area contributed by atoms with Gasteiger partial charge >= 0.3 is 7.82 Å². The van der Waals surface area contributed by atoms with E-state index in [1.807, 2.05) is 0 Å². The number of ether oxygens (including phenoxy) is 1. The van der Waals surface area contributed by atoms with Crippen LogP contribution in [0, 0.1) is 10.1 Å². The van der Waals surface area contributed by atoms with Crippen LogP contribution in [0.2, 0.25) is 0 Å². The highest BCUT2D eigenvalue weighted by Crippen LogP contribution is 2.38. The predicted molar refractivity (Wildman–Crippen MR) is 78.1 cm³/mol. The van der Waals surface area contributed by atoms with Crippen LogP contribution >= 0.6 is 7.82 Å². The van der Waals surface area contributed by atoms with E-state index in [0.29, 0.717) is 0 Å². The van der Waals surface area contributed by atoms with Crippen LogP contribution in [0.3, 0.4) is 0 Å². The second kappa shape index (κ2) is 6.38. The second-order valence-corrected chi connectivity index (χ2v) is 6.51. The molecule has 25 heavy (non-hydrogen) atoms. The standard InChI is InChI=1S/C11H13N4O9P/c16-9-7(4-23-25(20,21)22)24-11(10(9)17)14-5-2-1-3-6(15(18)19)8(5)12-13-14/h1-3,7,9-11,16-17H,4H2,(H2,20,21,22)/t7-,9-,10-,11-/m1/s1. The molecule has 0 amide bonds. The van der Waals surface area contributed by atoms with Gasteiger partial charge in [0, 0.05) is 6.07 Å². The average Bonchev–Trinajstić information content (AvgIpc) is 3.07. The van der Waals surface area contributed by atoms with Crippen LogP contribution in [-0.4, -0.2) is 64.8 Å². The van der Waals surface area contributed by atoms with Gasteiger partial charge in [-0.1, -0.05) is 11.3 Å². The Morgan fingerprint density at radius 2 is 2.08 bits per heavy atom. The van der Waals surface area contributed by atoms with Crippen molar-refractivity contribution in [2.45, 2.75) is 24.5 Å². The minimum Gasteiger partial charge on any atom is -0.387 e. The van der Waals surface area contributed by atoms with Gasteiger partial charge < -0.3 is 24.7 Å². The maximum atomic E-state index is 11.0. The number of aliphatic hydroxyl groups is 2. The fourth-order valence-corrected chi connectivity index (χ4v) is 2.86. The number of phosphoric ester groups is 1. The zero-order valence-electron chi connectivity index (χ0n) is 12.3. The molecule has 136 valence electrons. The lowest BCUT2D eigenvalue weighted by molar-refractivity contribution is -0.383. The van der Waals surface area contributed by atoms with Gasteiger partial charge in [-0.25, -0.2) is 9.25 Å². The van der Waals surface area contributed by atoms with Crippen LogP contribution in [0.4, 0.5) is 5.69 Å². The second-order valence-electron chi connectivity index (χ2n) is 5.27. The molecular weight excluding hydrogens is 363 g/mol. The quantitative estimate of drug-likeness (QED) is 0.286. The van der Waals surface area contributed by atoms with E-state index in [1.54, 1.807) is 0 Å². The normalized spacial score (nSPS) is 27.0. The highest BCUT2D eigenvalue weighted by Gasteiger charge is 2.45. The Balaban J connectivity index is 1.89. The lowest BCUT2D eigenvalue weighted by atomic mass is 10.1. The van der Waals surface area contributed by atoms with Crippen LogP contribution in [0.25, 0.3) is 11.0 Å². The topological polar surface area (TPSA) is 190 Å². The number of aliphatic hydroxyl groups excluding tert-OH is 2. The summed E-state index contributed by atoms with van der Waals surface area (Å²) in [4.78, 5) is 27.8. The van der Waals surface area contributed by atoms with Crippen LogP contribution < -0.4 is 0 Å². The van der Waals surface area contributed by atoms with Crippen LogP contribution in [0.5, 0.6) is 0 Å². The molecule has 2 heterocycles. The highest BCUT2D eigenvalue weighted by atomic mass is 31.2. The van der Waals surface area contributed by atoms with Crippen LogP contribution in [0.1, 0.15) is 6.23 Å². The van der Waals surface area contributed by atoms with E-state index in [9.17, 15) is 24.9 Å². The molecule has 3 rings (SSSR count). The molecule has 0 saturated carbocycles. The third-order valence-corrected chi connectivity index (χ3v) is 4.15. The van der Waals surface area contributed by atoms with Gasteiger partial charge in [-0.2, -0.15) is 0 Å². The summed E-state index contributed by atoms with van der Waals surface area (Å²) in [6.07, 6.45) is -5.55. The number of nitro benzene ring substituents is 1. The van der Waals surface area contributed by atoms with Gasteiger partial charge in [0.25, 0.3) is 5.69 Å². The Hall–Kier alpha value is -1.99. The molecule has 0 unspecified atom stereocenters. The lowest BCUT2D eigenvalue weighted by Gasteiger charge is -2.15. The Morgan fingerprint density at radius 3 is 2.72 bits per heavy atom. The maximum Gasteiger partial charge on any atom is 0.469 e. The Morgan fingerprint density at radius 1 is 1.36 bits per heavy atom. The lowest BCUT2D eigenvalue weighted by Crippen LogP contribution is -2.33. The number of hydrogen-bond acceptors (Lipinski definition) is 9. The number of hydrogen-bond donors (Lipinski definition) is 4. The average molecular weight is 376 g/mol. The maximum absolute atomic E-state index is 11.0. The molecule has 2 aromatic rings. The third-order valence-electron chi connectivity index (χ3n) is 3.66. The summed E-state index contributed by atoms with van der Waals surface area (Å²) in [6, 6.07) is 4.09. The summed E-state index contributed by atoms with van der Waals surface area (Å²) in [5.74, 6) is 0. The number of nitrogens with zero attached hydrogens (tertiary/aromatic N) is 4. The molecule has 1 aromatic heterocycles. The van der Waals surface area contributed by atoms with Crippen molar-refractivity contribution >= 4 is 24.5 Å². The van der Waals surface area contributed by atoms with E-state index in [2.05, 4.69) is 14.8 Å². The number of aromatic nitrogens is 3. The zero-order chi connectivity index (χ0) is 18.4. The van der Waals surface area contributed by atoms with Gasteiger partial charge in [0.1, 0.15) is 18.3 Å². The number of nitro groups is 1. The molecule has 4 N–H and O–H groups in total. The molecule has 4 atom stereocenters. The highest BCUT2D eigenvalue weighted by molar-refractivity contribution is 7.46. The van der Waals surface area contributed by atoms with Crippen molar-refractivity contribution in [1.82, 2.24) is 15.0 Å². The van der Waals surface area contributed by atoms with Crippen molar-refractivity contribution in [3.63, 3.8) is 0 Å². The molecule has 1 saturated heterocycles. The first-order valence-electron chi connectivity index (χ1n) is 6.89. The fraction of sp³-hybridized carbons (Fsp3) is 0.455. The van der Waals surface area contributed by atoms with Gasteiger partial charge in [0.15, 0.2) is 11.7 Å². The summed E-state index contributed by atoms with van der Waals surface area (Å²) < 4.78 is 21.4. The Kier molecular flexibility index (Phi) is 4.55. The summed E-state index contributed by atoms with van der Waals surface area (Å²) in [7, 11) is -4.78. The van der Waals surface area contributed by atoms with Gasteiger partial charge in [-0.05, 0) is 6.07 Å². The fourth-order valence-electron chi connectivity index (χ4n) is 2.52. The molecule has 1 aliphatic rings. The molecule has 13 nitrogen and oxygen atoms in total. The molecular formula is C11H13N4O9P. The first-order chi connectivity index (χ1) is 11.7. The molecule has 0 spiro atoms. The van der Waals surface area contributed by atoms with Gasteiger partial charge in [0.05, 0.1) is 17.0 Å². The number of rotatable bonds is 5. The van der Waals surface area contributed by atoms with Crippen molar-refractivity contribution in [3.8, 4) is 0 Å². The van der Waals surface area contributed by atoms with Crippen molar-refractivity contribution in [2.24, 2.45) is 0 Å². The molecule has 1 aliphatic heterocycles. The molecule has 0 aliphatic carbocycles. The van der Waals surface area contributed by atoms with Crippen molar-refractivity contribution in [3.05, 3.63) is 28.3 Å². The van der Waals surface area contributed by atoms with Crippen LogP contribution in [0.15, 0.2) is 18.2 Å². The molecule has 1 aromatic carbocycles. The van der Waals surface area contributed by atoms with Gasteiger partial charge in [-0.15, -0.1) is 5.10 Å². The minimum absolute atomic E-state index is 0.0345.